The monoisotopic (exact) mass is 229 g/mol. The first-order chi connectivity index (χ1) is 7.38. The Bertz CT molecular complexity index is 235. The number of hydrogen-bond acceptors (Lipinski definition) is 3. The van der Waals surface area contributed by atoms with Gasteiger partial charge >= 0.3 is 6.09 Å². The minimum atomic E-state index is -0.447. The van der Waals surface area contributed by atoms with Crippen LogP contribution in [0.5, 0.6) is 0 Å². The zero-order chi connectivity index (χ0) is 12.2. The molecule has 0 spiro atoms. The van der Waals surface area contributed by atoms with Gasteiger partial charge in [-0.1, -0.05) is 6.42 Å². The summed E-state index contributed by atoms with van der Waals surface area (Å²) in [5.41, 5.74) is -0.447. The highest BCUT2D eigenvalue weighted by molar-refractivity contribution is 5.67. The van der Waals surface area contributed by atoms with Gasteiger partial charge in [-0.2, -0.15) is 0 Å². The molecular formula is C12H23NO3. The van der Waals surface area contributed by atoms with E-state index in [0.717, 1.165) is 25.7 Å². The van der Waals surface area contributed by atoms with Crippen molar-refractivity contribution in [1.82, 2.24) is 5.32 Å². The third kappa shape index (κ3) is 4.84. The average Bonchev–Trinajstić information content (AvgIpc) is 2.48. The average molecular weight is 229 g/mol. The van der Waals surface area contributed by atoms with Gasteiger partial charge in [0.25, 0.3) is 0 Å². The lowest BCUT2D eigenvalue weighted by atomic mass is 10.0. The van der Waals surface area contributed by atoms with E-state index >= 15 is 0 Å². The molecule has 0 radical (unpaired) electrons. The summed E-state index contributed by atoms with van der Waals surface area (Å²) in [6, 6.07) is 0. The van der Waals surface area contributed by atoms with Crippen LogP contribution in [-0.2, 0) is 4.74 Å². The van der Waals surface area contributed by atoms with Crippen LogP contribution in [0.25, 0.3) is 0 Å². The predicted molar refractivity (Wildman–Crippen MR) is 62.2 cm³/mol. The van der Waals surface area contributed by atoms with Gasteiger partial charge in [-0.25, -0.2) is 4.79 Å². The Morgan fingerprint density at radius 2 is 2.12 bits per heavy atom. The fourth-order valence-electron chi connectivity index (χ4n) is 2.03. The Labute approximate surface area is 97.4 Å². The second kappa shape index (κ2) is 5.53. The molecule has 1 aliphatic rings. The van der Waals surface area contributed by atoms with Gasteiger partial charge in [-0.05, 0) is 46.0 Å². The Hall–Kier alpha value is -0.770. The summed E-state index contributed by atoms with van der Waals surface area (Å²) in [5.74, 6) is 0.343. The molecule has 0 aromatic rings. The van der Waals surface area contributed by atoms with Gasteiger partial charge in [0.05, 0.1) is 6.10 Å². The SMILES string of the molecule is CC(C)(C)OC(=O)NCC[C@@H]1CCC[C@@H]1O. The molecule has 0 heterocycles. The first-order valence-corrected chi connectivity index (χ1v) is 6.03. The Morgan fingerprint density at radius 1 is 1.44 bits per heavy atom. The van der Waals surface area contributed by atoms with Crippen molar-refractivity contribution in [2.75, 3.05) is 6.54 Å². The van der Waals surface area contributed by atoms with E-state index in [1.165, 1.54) is 0 Å². The molecule has 16 heavy (non-hydrogen) atoms. The maximum absolute atomic E-state index is 11.3. The van der Waals surface area contributed by atoms with Crippen molar-refractivity contribution in [2.45, 2.75) is 58.2 Å². The lowest BCUT2D eigenvalue weighted by Crippen LogP contribution is -2.34. The summed E-state index contributed by atoms with van der Waals surface area (Å²) in [6.07, 6.45) is 3.34. The largest absolute Gasteiger partial charge is 0.444 e. The lowest BCUT2D eigenvalue weighted by molar-refractivity contribution is 0.0517. The highest BCUT2D eigenvalue weighted by atomic mass is 16.6. The maximum Gasteiger partial charge on any atom is 0.407 e. The standard InChI is InChI=1S/C12H23NO3/c1-12(2,3)16-11(15)13-8-7-9-5-4-6-10(9)14/h9-10,14H,4-8H2,1-3H3,(H,13,15)/t9-,10-/m0/s1. The molecule has 1 saturated carbocycles. The molecule has 4 heteroatoms. The lowest BCUT2D eigenvalue weighted by Gasteiger charge is -2.20. The van der Waals surface area contributed by atoms with Gasteiger partial charge in [0.1, 0.15) is 5.60 Å². The van der Waals surface area contributed by atoms with Crippen molar-refractivity contribution in [3.63, 3.8) is 0 Å². The summed E-state index contributed by atoms with van der Waals surface area (Å²) in [4.78, 5) is 11.3. The zero-order valence-corrected chi connectivity index (χ0v) is 10.5. The summed E-state index contributed by atoms with van der Waals surface area (Å²) in [6.45, 7) is 6.10. The van der Waals surface area contributed by atoms with Crippen LogP contribution in [0.4, 0.5) is 4.79 Å². The van der Waals surface area contributed by atoms with E-state index in [1.54, 1.807) is 0 Å². The van der Waals surface area contributed by atoms with E-state index < -0.39 is 5.60 Å². The first-order valence-electron chi connectivity index (χ1n) is 6.03. The van der Waals surface area contributed by atoms with Crippen LogP contribution in [0.15, 0.2) is 0 Å². The van der Waals surface area contributed by atoms with Crippen molar-refractivity contribution >= 4 is 6.09 Å². The summed E-state index contributed by atoms with van der Waals surface area (Å²) >= 11 is 0. The van der Waals surface area contributed by atoms with Crippen molar-refractivity contribution in [2.24, 2.45) is 5.92 Å². The second-order valence-corrected chi connectivity index (χ2v) is 5.48. The first kappa shape index (κ1) is 13.3. The molecule has 1 rings (SSSR count). The fourth-order valence-corrected chi connectivity index (χ4v) is 2.03. The summed E-state index contributed by atoms with van der Waals surface area (Å²) in [5, 5.41) is 12.3. The molecule has 0 unspecified atom stereocenters. The molecule has 2 atom stereocenters. The summed E-state index contributed by atoms with van der Waals surface area (Å²) in [7, 11) is 0. The molecule has 0 aromatic heterocycles. The van der Waals surface area contributed by atoms with Crippen molar-refractivity contribution in [3.05, 3.63) is 0 Å². The molecule has 0 bridgehead atoms. The number of rotatable bonds is 3. The molecule has 0 aliphatic heterocycles. The topological polar surface area (TPSA) is 58.6 Å². The molecular weight excluding hydrogens is 206 g/mol. The Morgan fingerprint density at radius 3 is 2.62 bits per heavy atom. The number of amides is 1. The molecule has 4 nitrogen and oxygen atoms in total. The van der Waals surface area contributed by atoms with E-state index in [2.05, 4.69) is 5.32 Å². The van der Waals surface area contributed by atoms with Crippen molar-refractivity contribution in [3.8, 4) is 0 Å². The van der Waals surface area contributed by atoms with E-state index in [9.17, 15) is 9.90 Å². The molecule has 1 amide bonds. The number of carbonyl (C=O) groups is 1. The van der Waals surface area contributed by atoms with Gasteiger partial charge in [-0.15, -0.1) is 0 Å². The molecule has 0 aromatic carbocycles. The van der Waals surface area contributed by atoms with Crippen LogP contribution in [0, 0.1) is 5.92 Å². The Kier molecular flexibility index (Phi) is 4.59. The smallest absolute Gasteiger partial charge is 0.407 e. The summed E-state index contributed by atoms with van der Waals surface area (Å²) < 4.78 is 5.12. The number of nitrogens with one attached hydrogen (secondary N) is 1. The maximum atomic E-state index is 11.3. The molecule has 0 saturated heterocycles. The van der Waals surface area contributed by atoms with E-state index in [1.807, 2.05) is 20.8 Å². The van der Waals surface area contributed by atoms with Crippen LogP contribution in [0.3, 0.4) is 0 Å². The van der Waals surface area contributed by atoms with Crippen LogP contribution in [0.2, 0.25) is 0 Å². The fraction of sp³-hybridized carbons (Fsp3) is 0.917. The van der Waals surface area contributed by atoms with Crippen LogP contribution in [-0.4, -0.2) is 29.4 Å². The molecule has 1 aliphatic carbocycles. The number of carbonyl (C=O) groups excluding carboxylic acids is 1. The third-order valence-corrected chi connectivity index (χ3v) is 2.80. The highest BCUT2D eigenvalue weighted by Gasteiger charge is 2.25. The minimum Gasteiger partial charge on any atom is -0.444 e. The van der Waals surface area contributed by atoms with E-state index in [4.69, 9.17) is 4.74 Å². The highest BCUT2D eigenvalue weighted by Crippen LogP contribution is 2.27. The molecule has 1 fully saturated rings. The number of aliphatic hydroxyl groups excluding tert-OH is 1. The van der Waals surface area contributed by atoms with Gasteiger partial charge in [0.2, 0.25) is 0 Å². The van der Waals surface area contributed by atoms with Gasteiger partial charge < -0.3 is 15.2 Å². The normalized spacial score (nSPS) is 25.5. The van der Waals surface area contributed by atoms with E-state index in [0.29, 0.717) is 12.5 Å². The van der Waals surface area contributed by atoms with Crippen molar-refractivity contribution < 1.29 is 14.6 Å². The number of hydrogen-bond donors (Lipinski definition) is 2. The van der Waals surface area contributed by atoms with Crippen LogP contribution < -0.4 is 5.32 Å². The van der Waals surface area contributed by atoms with Gasteiger partial charge in [0.15, 0.2) is 0 Å². The van der Waals surface area contributed by atoms with E-state index in [-0.39, 0.29) is 12.2 Å². The number of aliphatic hydroxyl groups is 1. The quantitative estimate of drug-likeness (QED) is 0.778. The Balaban J connectivity index is 2.13. The van der Waals surface area contributed by atoms with Crippen LogP contribution in [0.1, 0.15) is 46.5 Å². The second-order valence-electron chi connectivity index (χ2n) is 5.48. The molecule has 2 N–H and O–H groups in total. The predicted octanol–water partition coefficient (Wildman–Crippen LogP) is 2.06. The third-order valence-electron chi connectivity index (χ3n) is 2.80. The van der Waals surface area contributed by atoms with Gasteiger partial charge in [-0.3, -0.25) is 0 Å². The zero-order valence-electron chi connectivity index (χ0n) is 10.5. The number of alkyl carbamates (subject to hydrolysis) is 1. The molecule has 94 valence electrons. The minimum absolute atomic E-state index is 0.180. The van der Waals surface area contributed by atoms with Gasteiger partial charge in [0, 0.05) is 6.54 Å². The van der Waals surface area contributed by atoms with Crippen molar-refractivity contribution in [1.29, 1.82) is 0 Å². The van der Waals surface area contributed by atoms with Crippen LogP contribution >= 0.6 is 0 Å². The number of ether oxygens (including phenoxy) is 1.